The molecule has 0 fully saturated rings. The lowest BCUT2D eigenvalue weighted by molar-refractivity contribution is -0.192. The van der Waals surface area contributed by atoms with Crippen LogP contribution in [0.4, 0.5) is 13.2 Å². The van der Waals surface area contributed by atoms with Crippen molar-refractivity contribution in [3.8, 4) is 0 Å². The van der Waals surface area contributed by atoms with E-state index in [1.54, 1.807) is 12.5 Å². The van der Waals surface area contributed by atoms with E-state index in [9.17, 15) is 13.2 Å². The van der Waals surface area contributed by atoms with Gasteiger partial charge >= 0.3 is 12.1 Å². The minimum atomic E-state index is -5.08. The van der Waals surface area contributed by atoms with Crippen LogP contribution in [0.5, 0.6) is 0 Å². The monoisotopic (exact) mass is 376 g/mol. The van der Waals surface area contributed by atoms with Crippen LogP contribution >= 0.6 is 0 Å². The van der Waals surface area contributed by atoms with Gasteiger partial charge in [-0.3, -0.25) is 4.90 Å². The molecule has 1 aliphatic rings. The Morgan fingerprint density at radius 3 is 2.77 bits per heavy atom. The average molecular weight is 376 g/mol. The molecule has 0 spiro atoms. The molecule has 0 amide bonds. The van der Waals surface area contributed by atoms with E-state index in [2.05, 4.69) is 10.1 Å². The normalized spacial score (nSPS) is 14.5. The Hall–Kier alpha value is -2.33. The zero-order chi connectivity index (χ0) is 19.2. The summed E-state index contributed by atoms with van der Waals surface area (Å²) in [5.74, 6) is -1.74. The minimum Gasteiger partial charge on any atom is -0.475 e. The summed E-state index contributed by atoms with van der Waals surface area (Å²) in [4.78, 5) is 11.3. The van der Waals surface area contributed by atoms with Crippen molar-refractivity contribution in [3.05, 3.63) is 41.2 Å². The smallest absolute Gasteiger partial charge is 0.475 e. The summed E-state index contributed by atoms with van der Waals surface area (Å²) in [5.41, 5.74) is 3.34. The predicted molar refractivity (Wildman–Crippen MR) is 82.0 cm³/mol. The summed E-state index contributed by atoms with van der Waals surface area (Å²) in [5, 5.41) is 11.2. The zero-order valence-electron chi connectivity index (χ0n) is 14.1. The molecule has 144 valence electrons. The van der Waals surface area contributed by atoms with Gasteiger partial charge < -0.3 is 18.8 Å². The molecule has 0 aliphatic carbocycles. The molecule has 0 atom stereocenters. The van der Waals surface area contributed by atoms with Crippen molar-refractivity contribution >= 4 is 5.97 Å². The molecule has 1 N–H and O–H groups in total. The van der Waals surface area contributed by atoms with Crippen molar-refractivity contribution in [2.24, 2.45) is 0 Å². The van der Waals surface area contributed by atoms with Gasteiger partial charge in [0.1, 0.15) is 11.5 Å². The Labute approximate surface area is 147 Å². The first-order chi connectivity index (χ1) is 12.3. The van der Waals surface area contributed by atoms with Gasteiger partial charge in [-0.05, 0) is 13.0 Å². The van der Waals surface area contributed by atoms with E-state index < -0.39 is 12.1 Å². The second-order valence-electron chi connectivity index (χ2n) is 5.56. The largest absolute Gasteiger partial charge is 0.490 e. The maximum atomic E-state index is 10.6. The van der Waals surface area contributed by atoms with E-state index in [1.807, 2.05) is 13.0 Å². The number of hydrogen-bond donors (Lipinski definition) is 1. The highest BCUT2D eigenvalue weighted by Crippen LogP contribution is 2.24. The number of halogens is 3. The van der Waals surface area contributed by atoms with Crippen LogP contribution in [0.25, 0.3) is 0 Å². The van der Waals surface area contributed by atoms with Gasteiger partial charge in [0.25, 0.3) is 0 Å². The molecule has 26 heavy (non-hydrogen) atoms. The fourth-order valence-electron chi connectivity index (χ4n) is 2.41. The number of nitrogens with zero attached hydrogens (tertiary/aromatic N) is 2. The number of alkyl halides is 3. The summed E-state index contributed by atoms with van der Waals surface area (Å²) in [6.07, 6.45) is -0.665. The standard InChI is InChI=1S/C14H18N2O3.C2HF3O2/c1-2-17-10-13-12-8-16(5-3-14(12)19-15-13)7-11-4-6-18-9-11;3-2(4,5)1(6)7/h4,6,9H,2-3,5,7-8,10H2,1H3;(H,6,7). The van der Waals surface area contributed by atoms with E-state index in [0.717, 1.165) is 37.5 Å². The molecular formula is C16H19F3N2O5. The molecule has 0 saturated heterocycles. The molecule has 1 aliphatic heterocycles. The number of ether oxygens (including phenoxy) is 1. The van der Waals surface area contributed by atoms with E-state index in [4.69, 9.17) is 23.6 Å². The quantitative estimate of drug-likeness (QED) is 0.858. The highest BCUT2D eigenvalue weighted by atomic mass is 19.4. The first-order valence-electron chi connectivity index (χ1n) is 7.88. The van der Waals surface area contributed by atoms with E-state index in [1.165, 1.54) is 11.1 Å². The van der Waals surface area contributed by atoms with Crippen LogP contribution in [0.3, 0.4) is 0 Å². The third-order valence-electron chi connectivity index (χ3n) is 3.66. The molecule has 3 rings (SSSR count). The number of aromatic nitrogens is 1. The second kappa shape index (κ2) is 8.86. The van der Waals surface area contributed by atoms with Gasteiger partial charge in [-0.1, -0.05) is 5.16 Å². The van der Waals surface area contributed by atoms with Crippen molar-refractivity contribution in [2.75, 3.05) is 13.2 Å². The van der Waals surface area contributed by atoms with Gasteiger partial charge in [-0.25, -0.2) is 4.79 Å². The number of furan rings is 1. The fourth-order valence-corrected chi connectivity index (χ4v) is 2.41. The van der Waals surface area contributed by atoms with Crippen LogP contribution in [-0.4, -0.2) is 40.5 Å². The lowest BCUT2D eigenvalue weighted by Gasteiger charge is -2.25. The highest BCUT2D eigenvalue weighted by molar-refractivity contribution is 5.73. The fraction of sp³-hybridized carbons (Fsp3) is 0.500. The Morgan fingerprint density at radius 2 is 2.19 bits per heavy atom. The third-order valence-corrected chi connectivity index (χ3v) is 3.66. The maximum absolute atomic E-state index is 10.6. The molecule has 2 aromatic heterocycles. The van der Waals surface area contributed by atoms with Gasteiger partial charge in [0.05, 0.1) is 19.1 Å². The highest BCUT2D eigenvalue weighted by Gasteiger charge is 2.38. The van der Waals surface area contributed by atoms with Gasteiger partial charge in [0, 0.05) is 43.8 Å². The summed E-state index contributed by atoms with van der Waals surface area (Å²) in [7, 11) is 0. The summed E-state index contributed by atoms with van der Waals surface area (Å²) in [6.45, 7) is 5.97. The van der Waals surface area contributed by atoms with Crippen molar-refractivity contribution in [3.63, 3.8) is 0 Å². The van der Waals surface area contributed by atoms with Crippen molar-refractivity contribution in [2.45, 2.75) is 39.2 Å². The van der Waals surface area contributed by atoms with Crippen molar-refractivity contribution in [1.82, 2.24) is 10.1 Å². The number of carbonyl (C=O) groups is 1. The average Bonchev–Trinajstić information content (AvgIpc) is 3.22. The van der Waals surface area contributed by atoms with Crippen LogP contribution in [0.1, 0.15) is 29.5 Å². The molecule has 10 heteroatoms. The number of hydrogen-bond acceptors (Lipinski definition) is 6. The maximum Gasteiger partial charge on any atom is 0.490 e. The molecule has 0 bridgehead atoms. The van der Waals surface area contributed by atoms with Crippen LogP contribution in [0, 0.1) is 0 Å². The Morgan fingerprint density at radius 1 is 1.46 bits per heavy atom. The SMILES string of the molecule is CCOCc1noc2c1CN(Cc1ccoc1)CC2.O=C(O)C(F)(F)F. The molecule has 0 radical (unpaired) electrons. The summed E-state index contributed by atoms with van der Waals surface area (Å²) < 4.78 is 47.7. The van der Waals surface area contributed by atoms with Crippen LogP contribution < -0.4 is 0 Å². The van der Waals surface area contributed by atoms with E-state index in [0.29, 0.717) is 13.2 Å². The van der Waals surface area contributed by atoms with Crippen LogP contribution in [-0.2, 0) is 35.6 Å². The third kappa shape index (κ3) is 5.60. The Bertz CT molecular complexity index is 697. The topological polar surface area (TPSA) is 88.9 Å². The number of aliphatic carboxylic acids is 1. The first-order valence-corrected chi connectivity index (χ1v) is 7.88. The lowest BCUT2D eigenvalue weighted by atomic mass is 10.1. The Balaban J connectivity index is 0.000000298. The Kier molecular flexibility index (Phi) is 6.81. The number of carboxylic acids is 1. The number of rotatable bonds is 5. The van der Waals surface area contributed by atoms with Gasteiger partial charge in [0.15, 0.2) is 0 Å². The lowest BCUT2D eigenvalue weighted by Crippen LogP contribution is -2.29. The molecule has 7 nitrogen and oxygen atoms in total. The van der Waals surface area contributed by atoms with Crippen molar-refractivity contribution in [1.29, 1.82) is 0 Å². The summed E-state index contributed by atoms with van der Waals surface area (Å²) in [6, 6.07) is 2.00. The second-order valence-corrected chi connectivity index (χ2v) is 5.56. The van der Waals surface area contributed by atoms with E-state index >= 15 is 0 Å². The minimum absolute atomic E-state index is 0.537. The van der Waals surface area contributed by atoms with Gasteiger partial charge in [0.2, 0.25) is 0 Å². The predicted octanol–water partition coefficient (Wildman–Crippen LogP) is 3.00. The van der Waals surface area contributed by atoms with Gasteiger partial charge in [-0.15, -0.1) is 0 Å². The van der Waals surface area contributed by atoms with E-state index in [-0.39, 0.29) is 0 Å². The molecular weight excluding hydrogens is 357 g/mol. The number of carboxylic acid groups (broad SMARTS) is 1. The summed E-state index contributed by atoms with van der Waals surface area (Å²) >= 11 is 0. The molecule has 0 unspecified atom stereocenters. The molecule has 0 aromatic carbocycles. The van der Waals surface area contributed by atoms with Crippen LogP contribution in [0.15, 0.2) is 27.5 Å². The van der Waals surface area contributed by atoms with Gasteiger partial charge in [-0.2, -0.15) is 13.2 Å². The zero-order valence-corrected chi connectivity index (χ0v) is 14.1. The molecule has 3 heterocycles. The molecule has 0 saturated carbocycles. The van der Waals surface area contributed by atoms with Crippen LogP contribution in [0.2, 0.25) is 0 Å². The molecule has 2 aromatic rings. The first kappa shape index (κ1) is 20.0. The van der Waals surface area contributed by atoms with Crippen molar-refractivity contribution < 1.29 is 36.7 Å². The number of fused-ring (bicyclic) bond motifs is 1.